The minimum Gasteiger partial charge on any atom is -0.335 e. The minimum atomic E-state index is -0.816. The van der Waals surface area contributed by atoms with Crippen molar-refractivity contribution < 1.29 is 8.78 Å². The Morgan fingerprint density at radius 1 is 1.30 bits per heavy atom. The predicted molar refractivity (Wildman–Crippen MR) is 74.4 cm³/mol. The Balaban J connectivity index is 2.29. The van der Waals surface area contributed by atoms with Gasteiger partial charge in [0.2, 0.25) is 0 Å². The van der Waals surface area contributed by atoms with E-state index >= 15 is 0 Å². The van der Waals surface area contributed by atoms with Crippen molar-refractivity contribution in [1.82, 2.24) is 14.9 Å². The number of aromatic nitrogens is 2. The third-order valence-corrected chi connectivity index (χ3v) is 3.34. The second-order valence-corrected chi connectivity index (χ2v) is 4.59. The van der Waals surface area contributed by atoms with Crippen LogP contribution in [-0.4, -0.2) is 16.1 Å². The number of nitrogens with one attached hydrogen (secondary N) is 1. The van der Waals surface area contributed by atoms with Gasteiger partial charge < -0.3 is 9.88 Å². The molecule has 1 aromatic carbocycles. The van der Waals surface area contributed by atoms with Gasteiger partial charge in [0.25, 0.3) is 0 Å². The maximum Gasteiger partial charge on any atom is 0.163 e. The number of imidazole rings is 1. The molecule has 0 fully saturated rings. The summed E-state index contributed by atoms with van der Waals surface area (Å²) in [5.41, 5.74) is 0.345. The van der Waals surface area contributed by atoms with Crippen LogP contribution in [0.2, 0.25) is 0 Å². The van der Waals surface area contributed by atoms with Crippen molar-refractivity contribution >= 4 is 0 Å². The largest absolute Gasteiger partial charge is 0.335 e. The number of aryl methyl sites for hydroxylation is 1. The highest BCUT2D eigenvalue weighted by molar-refractivity contribution is 5.23. The molecule has 20 heavy (non-hydrogen) atoms. The molecule has 0 saturated heterocycles. The number of nitrogens with zero attached hydrogens (tertiary/aromatic N) is 2. The molecule has 1 heterocycles. The first-order chi connectivity index (χ1) is 9.67. The van der Waals surface area contributed by atoms with E-state index in [2.05, 4.69) is 10.3 Å². The lowest BCUT2D eigenvalue weighted by Crippen LogP contribution is -2.25. The summed E-state index contributed by atoms with van der Waals surface area (Å²) in [6.45, 7) is 5.44. The van der Waals surface area contributed by atoms with Crippen LogP contribution in [0.1, 0.15) is 31.3 Å². The lowest BCUT2D eigenvalue weighted by atomic mass is 10.0. The Morgan fingerprint density at radius 3 is 2.80 bits per heavy atom. The highest BCUT2D eigenvalue weighted by Crippen LogP contribution is 2.22. The van der Waals surface area contributed by atoms with Crippen LogP contribution >= 0.6 is 0 Å². The predicted octanol–water partition coefficient (Wildman–Crippen LogP) is 3.07. The van der Waals surface area contributed by atoms with Crippen molar-refractivity contribution in [3.63, 3.8) is 0 Å². The van der Waals surface area contributed by atoms with Gasteiger partial charge >= 0.3 is 0 Å². The monoisotopic (exact) mass is 279 g/mol. The lowest BCUT2D eigenvalue weighted by molar-refractivity contribution is 0.457. The van der Waals surface area contributed by atoms with Crippen molar-refractivity contribution in [2.75, 3.05) is 6.54 Å². The van der Waals surface area contributed by atoms with Crippen LogP contribution in [0.15, 0.2) is 30.6 Å². The third-order valence-electron chi connectivity index (χ3n) is 3.34. The molecule has 0 spiro atoms. The second kappa shape index (κ2) is 6.61. The zero-order valence-corrected chi connectivity index (χ0v) is 11.7. The molecule has 2 aromatic rings. The lowest BCUT2D eigenvalue weighted by Gasteiger charge is -2.19. The summed E-state index contributed by atoms with van der Waals surface area (Å²) >= 11 is 0. The van der Waals surface area contributed by atoms with Gasteiger partial charge in [-0.25, -0.2) is 13.8 Å². The Kier molecular flexibility index (Phi) is 4.84. The van der Waals surface area contributed by atoms with E-state index in [-0.39, 0.29) is 6.04 Å². The number of rotatable bonds is 6. The first-order valence-electron chi connectivity index (χ1n) is 6.84. The summed E-state index contributed by atoms with van der Waals surface area (Å²) in [5.74, 6) is -0.737. The molecule has 2 rings (SSSR count). The number of benzene rings is 1. The molecule has 1 atom stereocenters. The molecule has 0 aliphatic carbocycles. The smallest absolute Gasteiger partial charge is 0.163 e. The molecule has 0 radical (unpaired) electrons. The number of hydrogen-bond acceptors (Lipinski definition) is 2. The van der Waals surface area contributed by atoms with E-state index in [4.69, 9.17) is 0 Å². The van der Waals surface area contributed by atoms with Crippen molar-refractivity contribution in [1.29, 1.82) is 0 Å². The molecule has 1 unspecified atom stereocenters. The first kappa shape index (κ1) is 14.7. The standard InChI is InChI=1S/C15H19F2N3/c1-3-18-13(10-14-19-8-9-20(14)4-2)11-6-5-7-12(16)15(11)17/h5-9,13,18H,3-4,10H2,1-2H3. The highest BCUT2D eigenvalue weighted by atomic mass is 19.2. The van der Waals surface area contributed by atoms with E-state index in [1.54, 1.807) is 12.3 Å². The van der Waals surface area contributed by atoms with Crippen LogP contribution in [0.3, 0.4) is 0 Å². The maximum absolute atomic E-state index is 13.9. The zero-order chi connectivity index (χ0) is 14.5. The molecular weight excluding hydrogens is 260 g/mol. The summed E-state index contributed by atoms with van der Waals surface area (Å²) in [7, 11) is 0. The molecule has 1 N–H and O–H groups in total. The molecule has 0 amide bonds. The van der Waals surface area contributed by atoms with E-state index < -0.39 is 11.6 Å². The van der Waals surface area contributed by atoms with E-state index in [1.165, 1.54) is 6.07 Å². The van der Waals surface area contributed by atoms with Gasteiger partial charge in [-0.05, 0) is 19.5 Å². The molecule has 1 aromatic heterocycles. The third kappa shape index (κ3) is 3.04. The Bertz CT molecular complexity index is 566. The molecular formula is C15H19F2N3. The Hall–Kier alpha value is -1.75. The first-order valence-corrected chi connectivity index (χ1v) is 6.84. The molecule has 3 nitrogen and oxygen atoms in total. The van der Waals surface area contributed by atoms with E-state index in [0.717, 1.165) is 18.4 Å². The van der Waals surface area contributed by atoms with Gasteiger partial charge in [-0.1, -0.05) is 19.1 Å². The van der Waals surface area contributed by atoms with Gasteiger partial charge in [0.1, 0.15) is 5.82 Å². The molecule has 0 bridgehead atoms. The van der Waals surface area contributed by atoms with Crippen LogP contribution in [0.5, 0.6) is 0 Å². The fourth-order valence-corrected chi connectivity index (χ4v) is 2.33. The van der Waals surface area contributed by atoms with E-state index in [9.17, 15) is 8.78 Å². The zero-order valence-electron chi connectivity index (χ0n) is 11.7. The molecule has 0 aliphatic rings. The average molecular weight is 279 g/mol. The summed E-state index contributed by atoms with van der Waals surface area (Å²) in [4.78, 5) is 4.29. The average Bonchev–Trinajstić information content (AvgIpc) is 2.89. The topological polar surface area (TPSA) is 29.9 Å². The fourth-order valence-electron chi connectivity index (χ4n) is 2.33. The van der Waals surface area contributed by atoms with Crippen molar-refractivity contribution in [3.8, 4) is 0 Å². The molecule has 0 saturated carbocycles. The number of likely N-dealkylation sites (N-methyl/N-ethyl adjacent to an activating group) is 1. The molecule has 5 heteroatoms. The maximum atomic E-state index is 13.9. The molecule has 0 aliphatic heterocycles. The van der Waals surface area contributed by atoms with Gasteiger partial charge in [-0.3, -0.25) is 0 Å². The fraction of sp³-hybridized carbons (Fsp3) is 0.400. The second-order valence-electron chi connectivity index (χ2n) is 4.59. The van der Waals surface area contributed by atoms with Gasteiger partial charge in [0, 0.05) is 37.0 Å². The van der Waals surface area contributed by atoms with Crippen molar-refractivity contribution in [2.45, 2.75) is 32.9 Å². The van der Waals surface area contributed by atoms with E-state index in [1.807, 2.05) is 24.6 Å². The number of halogens is 2. The van der Waals surface area contributed by atoms with E-state index in [0.29, 0.717) is 18.5 Å². The SMILES string of the molecule is CCNC(Cc1nccn1CC)c1cccc(F)c1F. The van der Waals surface area contributed by atoms with Crippen LogP contribution < -0.4 is 5.32 Å². The van der Waals surface area contributed by atoms with Crippen LogP contribution in [0.4, 0.5) is 8.78 Å². The van der Waals surface area contributed by atoms with Gasteiger partial charge in [0.15, 0.2) is 11.6 Å². The summed E-state index contributed by atoms with van der Waals surface area (Å²) in [6, 6.07) is 3.99. The Labute approximate surface area is 117 Å². The summed E-state index contributed by atoms with van der Waals surface area (Å²) in [6.07, 6.45) is 4.14. The van der Waals surface area contributed by atoms with Gasteiger partial charge in [0.05, 0.1) is 0 Å². The quantitative estimate of drug-likeness (QED) is 0.880. The highest BCUT2D eigenvalue weighted by Gasteiger charge is 2.19. The van der Waals surface area contributed by atoms with Crippen molar-refractivity contribution in [3.05, 3.63) is 53.6 Å². The van der Waals surface area contributed by atoms with Gasteiger partial charge in [-0.15, -0.1) is 0 Å². The summed E-state index contributed by atoms with van der Waals surface area (Å²) in [5, 5.41) is 3.20. The Morgan fingerprint density at radius 2 is 2.10 bits per heavy atom. The van der Waals surface area contributed by atoms with Crippen LogP contribution in [-0.2, 0) is 13.0 Å². The number of hydrogen-bond donors (Lipinski definition) is 1. The summed E-state index contributed by atoms with van der Waals surface area (Å²) < 4.78 is 29.3. The minimum absolute atomic E-state index is 0.289. The molecule has 108 valence electrons. The van der Waals surface area contributed by atoms with Crippen LogP contribution in [0, 0.1) is 11.6 Å². The van der Waals surface area contributed by atoms with Crippen LogP contribution in [0.25, 0.3) is 0 Å². The van der Waals surface area contributed by atoms with Gasteiger partial charge in [-0.2, -0.15) is 0 Å². The normalized spacial score (nSPS) is 12.6. The van der Waals surface area contributed by atoms with Crippen molar-refractivity contribution in [2.24, 2.45) is 0 Å².